The molecular weight excluding hydrogens is 264 g/mol. The lowest BCUT2D eigenvalue weighted by Crippen LogP contribution is -2.29. The summed E-state index contributed by atoms with van der Waals surface area (Å²) in [5.74, 6) is 0. The van der Waals surface area contributed by atoms with E-state index in [-0.39, 0.29) is 11.4 Å². The molecule has 0 spiro atoms. The van der Waals surface area contributed by atoms with Gasteiger partial charge in [-0.15, -0.1) is 0 Å². The number of aryl methyl sites for hydroxylation is 1. The number of benzene rings is 1. The minimum Gasteiger partial charge on any atom is -0.392 e. The van der Waals surface area contributed by atoms with Crippen LogP contribution in [0.4, 0.5) is 5.69 Å². The first kappa shape index (κ1) is 14.3. The third kappa shape index (κ3) is 2.75. The average Bonchev–Trinajstić information content (AvgIpc) is 2.76. The molecule has 106 valence electrons. The van der Waals surface area contributed by atoms with Crippen LogP contribution in [0, 0.1) is 6.92 Å². The van der Waals surface area contributed by atoms with E-state index in [1.165, 1.54) is 4.31 Å². The van der Waals surface area contributed by atoms with Crippen molar-refractivity contribution in [2.24, 2.45) is 0 Å². The molecule has 0 unspecified atom stereocenters. The van der Waals surface area contributed by atoms with Crippen LogP contribution in [-0.4, -0.2) is 51.1 Å². The largest absolute Gasteiger partial charge is 0.392 e. The van der Waals surface area contributed by atoms with Crippen molar-refractivity contribution in [2.45, 2.75) is 24.3 Å². The van der Waals surface area contributed by atoms with E-state index in [2.05, 4.69) is 0 Å². The van der Waals surface area contributed by atoms with Crippen LogP contribution in [0.25, 0.3) is 0 Å². The van der Waals surface area contributed by atoms with Crippen molar-refractivity contribution in [3.05, 3.63) is 23.8 Å². The quantitative estimate of drug-likeness (QED) is 0.892. The normalized spacial score (nSPS) is 20.7. The Morgan fingerprint density at radius 2 is 2.05 bits per heavy atom. The topological polar surface area (TPSA) is 60.9 Å². The number of hydrogen-bond donors (Lipinski definition) is 1. The highest BCUT2D eigenvalue weighted by Gasteiger charge is 2.31. The van der Waals surface area contributed by atoms with E-state index >= 15 is 0 Å². The van der Waals surface area contributed by atoms with Crippen LogP contribution in [-0.2, 0) is 10.0 Å². The maximum atomic E-state index is 12.5. The zero-order valence-electron chi connectivity index (χ0n) is 11.5. The SMILES string of the molecule is Cc1ccc(S(=O)(=O)N2CC[C@@H](O)C2)cc1N(C)C. The van der Waals surface area contributed by atoms with Crippen LogP contribution in [0.15, 0.2) is 23.1 Å². The van der Waals surface area contributed by atoms with Gasteiger partial charge in [0.25, 0.3) is 0 Å². The fourth-order valence-corrected chi connectivity index (χ4v) is 3.82. The van der Waals surface area contributed by atoms with E-state index in [9.17, 15) is 13.5 Å². The summed E-state index contributed by atoms with van der Waals surface area (Å²) in [4.78, 5) is 2.18. The number of aliphatic hydroxyl groups is 1. The lowest BCUT2D eigenvalue weighted by atomic mass is 10.2. The number of β-amino-alcohol motifs (C(OH)–C–C–N with tert-alkyl or cyclic N) is 1. The van der Waals surface area contributed by atoms with Crippen molar-refractivity contribution in [1.29, 1.82) is 0 Å². The Morgan fingerprint density at radius 3 is 2.58 bits per heavy atom. The predicted octanol–water partition coefficient (Wildman–Crippen LogP) is 0.816. The fourth-order valence-electron chi connectivity index (χ4n) is 2.31. The van der Waals surface area contributed by atoms with Gasteiger partial charge < -0.3 is 10.0 Å². The molecule has 0 amide bonds. The molecular formula is C13H20N2O3S. The van der Waals surface area contributed by atoms with Gasteiger partial charge >= 0.3 is 0 Å². The van der Waals surface area contributed by atoms with Crippen LogP contribution in [0.5, 0.6) is 0 Å². The Morgan fingerprint density at radius 1 is 1.37 bits per heavy atom. The molecule has 1 N–H and O–H groups in total. The molecule has 0 bridgehead atoms. The first-order chi connectivity index (χ1) is 8.82. The summed E-state index contributed by atoms with van der Waals surface area (Å²) in [5.41, 5.74) is 1.92. The Kier molecular flexibility index (Phi) is 3.85. The monoisotopic (exact) mass is 284 g/mol. The van der Waals surface area contributed by atoms with Gasteiger partial charge in [0.05, 0.1) is 11.0 Å². The zero-order valence-corrected chi connectivity index (χ0v) is 12.3. The summed E-state index contributed by atoms with van der Waals surface area (Å²) in [5, 5.41) is 9.48. The second-order valence-electron chi connectivity index (χ2n) is 5.15. The predicted molar refractivity (Wildman–Crippen MR) is 74.9 cm³/mol. The van der Waals surface area contributed by atoms with Gasteiger partial charge in [-0.2, -0.15) is 4.31 Å². The van der Waals surface area contributed by atoms with Crippen molar-refractivity contribution >= 4 is 15.7 Å². The number of hydrogen-bond acceptors (Lipinski definition) is 4. The van der Waals surface area contributed by atoms with Gasteiger partial charge in [-0.1, -0.05) is 6.07 Å². The van der Waals surface area contributed by atoms with Gasteiger partial charge in [0.15, 0.2) is 0 Å². The van der Waals surface area contributed by atoms with Crippen LogP contribution in [0.3, 0.4) is 0 Å². The number of rotatable bonds is 3. The van der Waals surface area contributed by atoms with E-state index in [1.54, 1.807) is 12.1 Å². The molecule has 6 heteroatoms. The molecule has 0 saturated carbocycles. The van der Waals surface area contributed by atoms with E-state index in [0.29, 0.717) is 13.0 Å². The number of anilines is 1. The molecule has 0 radical (unpaired) electrons. The molecule has 1 fully saturated rings. The van der Waals surface area contributed by atoms with Crippen molar-refractivity contribution < 1.29 is 13.5 Å². The first-order valence-electron chi connectivity index (χ1n) is 6.28. The molecule has 1 heterocycles. The van der Waals surface area contributed by atoms with E-state index in [1.807, 2.05) is 32.0 Å². The van der Waals surface area contributed by atoms with Crippen molar-refractivity contribution in [3.8, 4) is 0 Å². The molecule has 1 saturated heterocycles. The Balaban J connectivity index is 2.38. The molecule has 1 aliphatic rings. The Hall–Kier alpha value is -1.11. The number of aliphatic hydroxyl groups excluding tert-OH is 1. The van der Waals surface area contributed by atoms with E-state index in [4.69, 9.17) is 0 Å². The summed E-state index contributed by atoms with van der Waals surface area (Å²) >= 11 is 0. The molecule has 19 heavy (non-hydrogen) atoms. The first-order valence-corrected chi connectivity index (χ1v) is 7.72. The van der Waals surface area contributed by atoms with E-state index < -0.39 is 16.1 Å². The standard InChI is InChI=1S/C13H20N2O3S/c1-10-4-5-12(8-13(10)14(2)3)19(17,18)15-7-6-11(16)9-15/h4-5,8,11,16H,6-7,9H2,1-3H3/t11-/m1/s1. The van der Waals surface area contributed by atoms with Gasteiger partial charge in [0.1, 0.15) is 0 Å². The molecule has 2 rings (SSSR count). The van der Waals surface area contributed by atoms with Gasteiger partial charge in [-0.05, 0) is 31.0 Å². The second kappa shape index (κ2) is 5.11. The molecule has 5 nitrogen and oxygen atoms in total. The van der Waals surface area contributed by atoms with Crippen molar-refractivity contribution in [3.63, 3.8) is 0 Å². The lowest BCUT2D eigenvalue weighted by Gasteiger charge is -2.20. The van der Waals surface area contributed by atoms with Crippen LogP contribution >= 0.6 is 0 Å². The highest BCUT2D eigenvalue weighted by molar-refractivity contribution is 7.89. The van der Waals surface area contributed by atoms with Gasteiger partial charge in [-0.25, -0.2) is 8.42 Å². The Bertz CT molecular complexity index is 569. The second-order valence-corrected chi connectivity index (χ2v) is 7.09. The van der Waals surface area contributed by atoms with Gasteiger partial charge in [0.2, 0.25) is 10.0 Å². The lowest BCUT2D eigenvalue weighted by molar-refractivity contribution is 0.189. The molecule has 0 aliphatic carbocycles. The van der Waals surface area contributed by atoms with Crippen LogP contribution in [0.2, 0.25) is 0 Å². The molecule has 1 aliphatic heterocycles. The van der Waals surface area contributed by atoms with Crippen LogP contribution < -0.4 is 4.90 Å². The average molecular weight is 284 g/mol. The summed E-state index contributed by atoms with van der Waals surface area (Å²) in [7, 11) is 0.277. The number of nitrogens with zero attached hydrogens (tertiary/aromatic N) is 2. The molecule has 0 aromatic heterocycles. The van der Waals surface area contributed by atoms with Crippen LogP contribution in [0.1, 0.15) is 12.0 Å². The third-order valence-electron chi connectivity index (χ3n) is 3.43. The molecule has 1 atom stereocenters. The highest BCUT2D eigenvalue weighted by atomic mass is 32.2. The maximum Gasteiger partial charge on any atom is 0.243 e. The van der Waals surface area contributed by atoms with Gasteiger partial charge in [-0.3, -0.25) is 0 Å². The van der Waals surface area contributed by atoms with Crippen molar-refractivity contribution in [1.82, 2.24) is 4.31 Å². The van der Waals surface area contributed by atoms with Crippen molar-refractivity contribution in [2.75, 3.05) is 32.1 Å². The van der Waals surface area contributed by atoms with Gasteiger partial charge in [0, 0.05) is 32.9 Å². The zero-order chi connectivity index (χ0) is 14.2. The summed E-state index contributed by atoms with van der Waals surface area (Å²) < 4.78 is 26.3. The summed E-state index contributed by atoms with van der Waals surface area (Å²) in [6, 6.07) is 5.13. The third-order valence-corrected chi connectivity index (χ3v) is 5.29. The smallest absolute Gasteiger partial charge is 0.243 e. The minimum absolute atomic E-state index is 0.188. The minimum atomic E-state index is -3.50. The fraction of sp³-hybridized carbons (Fsp3) is 0.538. The Labute approximate surface area is 114 Å². The van der Waals surface area contributed by atoms with E-state index in [0.717, 1.165) is 11.3 Å². The number of sulfonamides is 1. The summed E-state index contributed by atoms with van der Waals surface area (Å²) in [6.07, 6.45) is -0.0421. The molecule has 1 aromatic carbocycles. The highest BCUT2D eigenvalue weighted by Crippen LogP contribution is 2.26. The molecule has 1 aromatic rings. The maximum absolute atomic E-state index is 12.5. The summed E-state index contributed by atoms with van der Waals surface area (Å²) in [6.45, 7) is 2.52.